The number of hydrogen-bond donors (Lipinski definition) is 1. The number of alkyl halides is 3. The van der Waals surface area contributed by atoms with Crippen molar-refractivity contribution in [1.29, 1.82) is 0 Å². The highest BCUT2D eigenvalue weighted by atomic mass is 19.4. The van der Waals surface area contributed by atoms with Crippen molar-refractivity contribution in [3.8, 4) is 11.5 Å². The maximum atomic E-state index is 13.3. The number of aromatic nitrogens is 1. The van der Waals surface area contributed by atoms with Gasteiger partial charge in [0, 0.05) is 31.7 Å². The van der Waals surface area contributed by atoms with Crippen molar-refractivity contribution in [3.63, 3.8) is 0 Å². The first-order valence-corrected chi connectivity index (χ1v) is 14.6. The van der Waals surface area contributed by atoms with Crippen molar-refractivity contribution in [2.45, 2.75) is 70.9 Å². The monoisotopic (exact) mass is 640 g/mol. The number of carbonyl (C=O) groups is 3. The zero-order valence-electron chi connectivity index (χ0n) is 25.7. The van der Waals surface area contributed by atoms with Gasteiger partial charge in [0.05, 0.1) is 32.0 Å². The van der Waals surface area contributed by atoms with E-state index >= 15 is 0 Å². The number of carbonyl (C=O) groups excluding carboxylic acids is 3. The number of amides is 1. The molecule has 0 bridgehead atoms. The molecule has 3 rings (SSSR count). The number of halogens is 3. The molecule has 1 aromatic heterocycles. The van der Waals surface area contributed by atoms with Crippen LogP contribution in [0.1, 0.15) is 61.6 Å². The molecule has 11 nitrogen and oxygen atoms in total. The minimum atomic E-state index is -4.46. The summed E-state index contributed by atoms with van der Waals surface area (Å²) in [6.45, 7) is 4.59. The number of unbranched alkanes of at least 4 members (excludes halogenated alkanes) is 2. The van der Waals surface area contributed by atoms with Crippen molar-refractivity contribution in [1.82, 2.24) is 10.3 Å². The number of esters is 2. The first-order chi connectivity index (χ1) is 21.4. The lowest BCUT2D eigenvalue weighted by atomic mass is 9.91. The standard InChI is InChI=1S/C31H39F3N2O9/c1-5-6-7-14-42-27-19(2)45-30(39)24(17-41-16-22(27)15-21-8-10-23(11-9-21)31(32,33)34)36-29(38)26-28(44-18-43-20(3)37)25(40-4)12-13-35-26/h8-13,19,22,24,27H,5-7,14-18H2,1-4H3,(H,36,38)/t19-,22-,24-,27-/m0/s1. The fourth-order valence-electron chi connectivity index (χ4n) is 4.76. The quantitative estimate of drug-likeness (QED) is 0.190. The number of rotatable bonds is 13. The number of ether oxygens (including phenoxy) is 6. The molecule has 0 radical (unpaired) electrons. The van der Waals surface area contributed by atoms with Gasteiger partial charge in [-0.05, 0) is 37.5 Å². The highest BCUT2D eigenvalue weighted by Crippen LogP contribution is 2.31. The van der Waals surface area contributed by atoms with E-state index in [1.807, 2.05) is 0 Å². The van der Waals surface area contributed by atoms with Crippen LogP contribution in [-0.4, -0.2) is 74.8 Å². The van der Waals surface area contributed by atoms with E-state index in [0.717, 1.165) is 31.4 Å². The van der Waals surface area contributed by atoms with E-state index in [1.54, 1.807) is 6.92 Å². The van der Waals surface area contributed by atoms with Crippen LogP contribution in [0.5, 0.6) is 11.5 Å². The Hall–Kier alpha value is -3.91. The van der Waals surface area contributed by atoms with E-state index in [2.05, 4.69) is 17.2 Å². The van der Waals surface area contributed by atoms with Crippen molar-refractivity contribution >= 4 is 17.8 Å². The molecule has 0 spiro atoms. The normalized spacial score (nSPS) is 20.6. The molecule has 1 amide bonds. The van der Waals surface area contributed by atoms with Gasteiger partial charge in [0.15, 0.2) is 23.2 Å². The predicted octanol–water partition coefficient (Wildman–Crippen LogP) is 4.50. The minimum Gasteiger partial charge on any atom is -0.493 e. The van der Waals surface area contributed by atoms with E-state index in [9.17, 15) is 27.6 Å². The number of benzene rings is 1. The summed E-state index contributed by atoms with van der Waals surface area (Å²) in [4.78, 5) is 41.8. The summed E-state index contributed by atoms with van der Waals surface area (Å²) < 4.78 is 72.6. The van der Waals surface area contributed by atoms with E-state index in [-0.39, 0.29) is 36.3 Å². The molecule has 0 aliphatic carbocycles. The lowest BCUT2D eigenvalue weighted by Crippen LogP contribution is -2.46. The molecule has 0 saturated carbocycles. The highest BCUT2D eigenvalue weighted by Gasteiger charge is 2.36. The summed E-state index contributed by atoms with van der Waals surface area (Å²) in [6, 6.07) is 5.05. The second kappa shape index (κ2) is 17.0. The van der Waals surface area contributed by atoms with Gasteiger partial charge in [-0.3, -0.25) is 9.59 Å². The second-order valence-corrected chi connectivity index (χ2v) is 10.5. The number of nitrogens with one attached hydrogen (secondary N) is 1. The highest BCUT2D eigenvalue weighted by molar-refractivity contribution is 5.98. The van der Waals surface area contributed by atoms with Gasteiger partial charge in [-0.25, -0.2) is 9.78 Å². The fourth-order valence-corrected chi connectivity index (χ4v) is 4.76. The molecule has 1 aromatic carbocycles. The first-order valence-electron chi connectivity index (χ1n) is 14.6. The van der Waals surface area contributed by atoms with Crippen molar-refractivity contribution in [2.24, 2.45) is 5.92 Å². The number of nitrogens with zero attached hydrogens (tertiary/aromatic N) is 1. The van der Waals surface area contributed by atoms with Crippen LogP contribution in [0.2, 0.25) is 0 Å². The maximum Gasteiger partial charge on any atom is 0.416 e. The SMILES string of the molecule is CCCCCO[C@@H]1[C@@H](Cc2ccc(C(F)(F)F)cc2)COC[C@H](NC(=O)c2nccc(OC)c2OCOC(C)=O)C(=O)O[C@H]1C. The number of cyclic esters (lactones) is 1. The van der Waals surface area contributed by atoms with Gasteiger partial charge in [-0.15, -0.1) is 0 Å². The van der Waals surface area contributed by atoms with Crippen LogP contribution in [0.3, 0.4) is 0 Å². The van der Waals surface area contributed by atoms with E-state index < -0.39 is 54.6 Å². The molecule has 1 aliphatic rings. The molecule has 1 fully saturated rings. The van der Waals surface area contributed by atoms with Gasteiger partial charge in [-0.2, -0.15) is 13.2 Å². The Labute approximate surface area is 259 Å². The lowest BCUT2D eigenvalue weighted by molar-refractivity contribution is -0.160. The van der Waals surface area contributed by atoms with Crippen molar-refractivity contribution in [2.75, 3.05) is 33.7 Å². The van der Waals surface area contributed by atoms with Crippen molar-refractivity contribution in [3.05, 3.63) is 53.3 Å². The Balaban J connectivity index is 1.80. The molecule has 0 unspecified atom stereocenters. The zero-order chi connectivity index (χ0) is 33.0. The van der Waals surface area contributed by atoms with Crippen LogP contribution >= 0.6 is 0 Å². The molecule has 14 heteroatoms. The second-order valence-electron chi connectivity index (χ2n) is 10.5. The molecule has 2 aromatic rings. The summed E-state index contributed by atoms with van der Waals surface area (Å²) in [5.41, 5.74) is -0.359. The molecule has 248 valence electrons. The van der Waals surface area contributed by atoms with Crippen molar-refractivity contribution < 1.29 is 56.0 Å². The summed E-state index contributed by atoms with van der Waals surface area (Å²) in [5.74, 6) is -2.55. The Morgan fingerprint density at radius 1 is 1.11 bits per heavy atom. The van der Waals surface area contributed by atoms with Crippen LogP contribution in [0, 0.1) is 5.92 Å². The molecular weight excluding hydrogens is 601 g/mol. The Bertz CT molecular complexity index is 1270. The average molecular weight is 641 g/mol. The Morgan fingerprint density at radius 2 is 1.84 bits per heavy atom. The number of pyridine rings is 1. The number of hydrogen-bond acceptors (Lipinski definition) is 10. The molecule has 1 N–H and O–H groups in total. The van der Waals surface area contributed by atoms with Crippen LogP contribution in [0.25, 0.3) is 0 Å². The Morgan fingerprint density at radius 3 is 2.49 bits per heavy atom. The summed E-state index contributed by atoms with van der Waals surface area (Å²) in [5, 5.41) is 2.56. The smallest absolute Gasteiger partial charge is 0.416 e. The topological polar surface area (TPSA) is 132 Å². The van der Waals surface area contributed by atoms with Crippen LogP contribution < -0.4 is 14.8 Å². The third-order valence-corrected chi connectivity index (χ3v) is 7.04. The van der Waals surface area contributed by atoms with Crippen LogP contribution in [0.4, 0.5) is 13.2 Å². The zero-order valence-corrected chi connectivity index (χ0v) is 25.7. The lowest BCUT2D eigenvalue weighted by Gasteiger charge is -2.31. The molecular formula is C31H39F3N2O9. The predicted molar refractivity (Wildman–Crippen MR) is 154 cm³/mol. The van der Waals surface area contributed by atoms with E-state index in [4.69, 9.17) is 28.4 Å². The largest absolute Gasteiger partial charge is 0.493 e. The van der Waals surface area contributed by atoms with Gasteiger partial charge < -0.3 is 33.7 Å². The Kier molecular flexibility index (Phi) is 13.4. The molecule has 2 heterocycles. The van der Waals surface area contributed by atoms with Gasteiger partial charge in [0.2, 0.25) is 6.79 Å². The third kappa shape index (κ3) is 10.6. The van der Waals surface area contributed by atoms with Gasteiger partial charge >= 0.3 is 18.1 Å². The van der Waals surface area contributed by atoms with Gasteiger partial charge in [0.25, 0.3) is 5.91 Å². The minimum absolute atomic E-state index is 0.0704. The fraction of sp³-hybridized carbons (Fsp3) is 0.548. The van der Waals surface area contributed by atoms with Gasteiger partial charge in [-0.1, -0.05) is 31.9 Å². The molecule has 1 aliphatic heterocycles. The average Bonchev–Trinajstić information content (AvgIpc) is 3.04. The summed E-state index contributed by atoms with van der Waals surface area (Å²) in [6.07, 6.45) is -1.60. The molecule has 1 saturated heterocycles. The van der Waals surface area contributed by atoms with E-state index in [0.29, 0.717) is 18.6 Å². The van der Waals surface area contributed by atoms with Crippen LogP contribution in [0.15, 0.2) is 36.5 Å². The maximum absolute atomic E-state index is 13.3. The first kappa shape index (κ1) is 35.6. The molecule has 45 heavy (non-hydrogen) atoms. The number of methoxy groups -OCH3 is 1. The van der Waals surface area contributed by atoms with Gasteiger partial charge in [0.1, 0.15) is 6.10 Å². The van der Waals surface area contributed by atoms with E-state index in [1.165, 1.54) is 38.4 Å². The third-order valence-electron chi connectivity index (χ3n) is 7.04. The molecule has 4 atom stereocenters. The van der Waals surface area contributed by atoms with Crippen LogP contribution in [-0.2, 0) is 41.1 Å². The summed E-state index contributed by atoms with van der Waals surface area (Å²) in [7, 11) is 1.35. The summed E-state index contributed by atoms with van der Waals surface area (Å²) >= 11 is 0.